The van der Waals surface area contributed by atoms with Gasteiger partial charge in [-0.3, -0.25) is 0 Å². The Morgan fingerprint density at radius 3 is 2.75 bits per heavy atom. The zero-order chi connectivity index (χ0) is 12.0. The van der Waals surface area contributed by atoms with Crippen molar-refractivity contribution in [2.45, 2.75) is 51.5 Å². The first-order valence-corrected chi connectivity index (χ1v) is 6.69. The standard InChI is InChI=1S/C13H28N2O/c1-3-12-5-4-8-15(9-6-12)10-7-13(2,14)11-16/h12,16H,3-11,14H2,1-2H3. The molecule has 0 aromatic rings. The van der Waals surface area contributed by atoms with Crippen LogP contribution in [0.15, 0.2) is 0 Å². The first kappa shape index (κ1) is 13.9. The van der Waals surface area contributed by atoms with Crippen LogP contribution in [0.5, 0.6) is 0 Å². The van der Waals surface area contributed by atoms with Gasteiger partial charge < -0.3 is 15.7 Å². The van der Waals surface area contributed by atoms with E-state index in [1.165, 1.54) is 38.8 Å². The largest absolute Gasteiger partial charge is 0.394 e. The van der Waals surface area contributed by atoms with Crippen LogP contribution in [0.25, 0.3) is 0 Å². The third kappa shape index (κ3) is 4.81. The van der Waals surface area contributed by atoms with Crippen molar-refractivity contribution in [3.8, 4) is 0 Å². The number of nitrogens with zero attached hydrogens (tertiary/aromatic N) is 1. The molecular weight excluding hydrogens is 200 g/mol. The van der Waals surface area contributed by atoms with Gasteiger partial charge in [0.05, 0.1) is 6.61 Å². The third-order valence-corrected chi connectivity index (χ3v) is 3.88. The van der Waals surface area contributed by atoms with Crippen molar-refractivity contribution in [3.63, 3.8) is 0 Å². The molecule has 1 heterocycles. The molecule has 1 aliphatic heterocycles. The highest BCUT2D eigenvalue weighted by Crippen LogP contribution is 2.20. The van der Waals surface area contributed by atoms with Crippen molar-refractivity contribution in [2.24, 2.45) is 11.7 Å². The molecule has 1 saturated heterocycles. The van der Waals surface area contributed by atoms with Gasteiger partial charge in [0.15, 0.2) is 0 Å². The van der Waals surface area contributed by atoms with E-state index in [1.807, 2.05) is 6.92 Å². The predicted molar refractivity (Wildman–Crippen MR) is 68.4 cm³/mol. The summed E-state index contributed by atoms with van der Waals surface area (Å²) in [5.41, 5.74) is 5.54. The smallest absolute Gasteiger partial charge is 0.0608 e. The summed E-state index contributed by atoms with van der Waals surface area (Å²) in [5, 5.41) is 9.12. The van der Waals surface area contributed by atoms with Gasteiger partial charge in [-0.1, -0.05) is 13.3 Å². The maximum Gasteiger partial charge on any atom is 0.0608 e. The molecule has 2 unspecified atom stereocenters. The Bertz CT molecular complexity index is 194. The van der Waals surface area contributed by atoms with Gasteiger partial charge in [0.1, 0.15) is 0 Å². The van der Waals surface area contributed by atoms with Crippen LogP contribution in [0.1, 0.15) is 46.0 Å². The minimum atomic E-state index is -0.406. The second kappa shape index (κ2) is 6.58. The summed E-state index contributed by atoms with van der Waals surface area (Å²) in [5.74, 6) is 0.923. The maximum absolute atomic E-state index is 9.12. The summed E-state index contributed by atoms with van der Waals surface area (Å²) >= 11 is 0. The van der Waals surface area contributed by atoms with Crippen LogP contribution in [0.4, 0.5) is 0 Å². The molecule has 0 saturated carbocycles. The van der Waals surface area contributed by atoms with Crippen molar-refractivity contribution < 1.29 is 5.11 Å². The lowest BCUT2D eigenvalue weighted by molar-refractivity contribution is 0.175. The number of aliphatic hydroxyl groups is 1. The Kier molecular flexibility index (Phi) is 5.73. The Morgan fingerprint density at radius 1 is 1.38 bits per heavy atom. The molecule has 16 heavy (non-hydrogen) atoms. The molecule has 0 radical (unpaired) electrons. The molecule has 1 aliphatic rings. The summed E-state index contributed by atoms with van der Waals surface area (Å²) in [4.78, 5) is 2.51. The second-order valence-electron chi connectivity index (χ2n) is 5.61. The molecule has 0 aromatic carbocycles. The highest BCUT2D eigenvalue weighted by atomic mass is 16.3. The van der Waals surface area contributed by atoms with Crippen LogP contribution < -0.4 is 5.73 Å². The van der Waals surface area contributed by atoms with Crippen LogP contribution in [0.3, 0.4) is 0 Å². The molecule has 0 aromatic heterocycles. The molecule has 1 rings (SSSR count). The average molecular weight is 228 g/mol. The minimum Gasteiger partial charge on any atom is -0.394 e. The number of hydrogen-bond donors (Lipinski definition) is 2. The summed E-state index contributed by atoms with van der Waals surface area (Å²) in [7, 11) is 0. The Labute approximate surface area is 100 Å². The molecule has 3 nitrogen and oxygen atoms in total. The summed E-state index contributed by atoms with van der Waals surface area (Å²) < 4.78 is 0. The lowest BCUT2D eigenvalue weighted by Crippen LogP contribution is -2.43. The van der Waals surface area contributed by atoms with Crippen molar-refractivity contribution in [1.82, 2.24) is 4.90 Å². The first-order valence-electron chi connectivity index (χ1n) is 6.69. The zero-order valence-corrected chi connectivity index (χ0v) is 10.9. The number of aliphatic hydroxyl groups excluding tert-OH is 1. The van der Waals surface area contributed by atoms with Crippen LogP contribution in [-0.2, 0) is 0 Å². The number of nitrogens with two attached hydrogens (primary N) is 1. The Balaban J connectivity index is 2.27. The van der Waals surface area contributed by atoms with Gasteiger partial charge in [-0.05, 0) is 58.2 Å². The first-order chi connectivity index (χ1) is 7.57. The SMILES string of the molecule is CCC1CCCN(CCC(C)(N)CO)CC1. The van der Waals surface area contributed by atoms with Crippen LogP contribution in [0.2, 0.25) is 0 Å². The van der Waals surface area contributed by atoms with Crippen molar-refractivity contribution >= 4 is 0 Å². The quantitative estimate of drug-likeness (QED) is 0.751. The predicted octanol–water partition coefficient (Wildman–Crippen LogP) is 1.60. The second-order valence-corrected chi connectivity index (χ2v) is 5.61. The summed E-state index contributed by atoms with van der Waals surface area (Å²) in [6.45, 7) is 7.75. The molecule has 3 heteroatoms. The molecule has 0 aliphatic carbocycles. The zero-order valence-electron chi connectivity index (χ0n) is 10.9. The van der Waals surface area contributed by atoms with E-state index in [2.05, 4.69) is 11.8 Å². The fourth-order valence-corrected chi connectivity index (χ4v) is 2.35. The topological polar surface area (TPSA) is 49.5 Å². The normalized spacial score (nSPS) is 27.4. The molecule has 0 amide bonds. The molecule has 0 spiro atoms. The van der Waals surface area contributed by atoms with E-state index in [9.17, 15) is 0 Å². The van der Waals surface area contributed by atoms with Crippen LogP contribution >= 0.6 is 0 Å². The van der Waals surface area contributed by atoms with E-state index < -0.39 is 5.54 Å². The third-order valence-electron chi connectivity index (χ3n) is 3.88. The van der Waals surface area contributed by atoms with Gasteiger partial charge in [-0.2, -0.15) is 0 Å². The lowest BCUT2D eigenvalue weighted by atomic mass is 9.98. The van der Waals surface area contributed by atoms with E-state index in [4.69, 9.17) is 10.8 Å². The molecular formula is C13H28N2O. The van der Waals surface area contributed by atoms with E-state index in [-0.39, 0.29) is 6.61 Å². The highest BCUT2D eigenvalue weighted by molar-refractivity contribution is 4.79. The van der Waals surface area contributed by atoms with E-state index in [0.29, 0.717) is 0 Å². The Hall–Kier alpha value is -0.120. The lowest BCUT2D eigenvalue weighted by Gasteiger charge is -2.27. The maximum atomic E-state index is 9.12. The van der Waals surface area contributed by atoms with Gasteiger partial charge in [0.2, 0.25) is 0 Å². The fraction of sp³-hybridized carbons (Fsp3) is 1.00. The summed E-state index contributed by atoms with van der Waals surface area (Å²) in [6.07, 6.45) is 6.24. The van der Waals surface area contributed by atoms with Crippen LogP contribution in [0, 0.1) is 5.92 Å². The minimum absolute atomic E-state index is 0.0818. The number of hydrogen-bond acceptors (Lipinski definition) is 3. The van der Waals surface area contributed by atoms with E-state index in [0.717, 1.165) is 18.9 Å². The monoisotopic (exact) mass is 228 g/mol. The highest BCUT2D eigenvalue weighted by Gasteiger charge is 2.20. The van der Waals surface area contributed by atoms with Gasteiger partial charge in [-0.25, -0.2) is 0 Å². The van der Waals surface area contributed by atoms with Crippen molar-refractivity contribution in [1.29, 1.82) is 0 Å². The van der Waals surface area contributed by atoms with E-state index in [1.54, 1.807) is 0 Å². The van der Waals surface area contributed by atoms with Gasteiger partial charge in [0, 0.05) is 5.54 Å². The van der Waals surface area contributed by atoms with Gasteiger partial charge in [-0.15, -0.1) is 0 Å². The number of likely N-dealkylation sites (tertiary alicyclic amines) is 1. The van der Waals surface area contributed by atoms with Crippen molar-refractivity contribution in [3.05, 3.63) is 0 Å². The molecule has 3 N–H and O–H groups in total. The summed E-state index contributed by atoms with van der Waals surface area (Å²) in [6, 6.07) is 0. The van der Waals surface area contributed by atoms with Gasteiger partial charge >= 0.3 is 0 Å². The number of rotatable bonds is 5. The average Bonchev–Trinajstić information content (AvgIpc) is 2.51. The molecule has 2 atom stereocenters. The molecule has 1 fully saturated rings. The van der Waals surface area contributed by atoms with Crippen molar-refractivity contribution in [2.75, 3.05) is 26.2 Å². The van der Waals surface area contributed by atoms with E-state index >= 15 is 0 Å². The Morgan fingerprint density at radius 2 is 2.12 bits per heavy atom. The molecule has 96 valence electrons. The van der Waals surface area contributed by atoms with Gasteiger partial charge in [0.25, 0.3) is 0 Å². The molecule has 0 bridgehead atoms. The fourth-order valence-electron chi connectivity index (χ4n) is 2.35. The van der Waals surface area contributed by atoms with Crippen LogP contribution in [-0.4, -0.2) is 41.8 Å².